The van der Waals surface area contributed by atoms with Crippen molar-refractivity contribution in [1.29, 1.82) is 0 Å². The molecule has 90 valence electrons. The molecule has 2 heterocycles. The first-order valence-corrected chi connectivity index (χ1v) is 6.14. The fourth-order valence-corrected chi connectivity index (χ4v) is 2.38. The summed E-state index contributed by atoms with van der Waals surface area (Å²) in [7, 11) is 0. The van der Waals surface area contributed by atoms with E-state index in [-0.39, 0.29) is 6.04 Å². The van der Waals surface area contributed by atoms with Crippen molar-refractivity contribution in [3.63, 3.8) is 0 Å². The van der Waals surface area contributed by atoms with Gasteiger partial charge in [-0.3, -0.25) is 4.90 Å². The Labute approximate surface area is 96.8 Å². The van der Waals surface area contributed by atoms with E-state index < -0.39 is 0 Å². The molecular formula is C12H21N3O. The lowest BCUT2D eigenvalue weighted by molar-refractivity contribution is 0.233. The SMILES string of the molecule is CCN1CCCC1c1nc(CC(C)N)co1. The molecule has 0 bridgehead atoms. The fourth-order valence-electron chi connectivity index (χ4n) is 2.38. The van der Waals surface area contributed by atoms with Gasteiger partial charge in [0.25, 0.3) is 0 Å². The highest BCUT2D eigenvalue weighted by molar-refractivity contribution is 5.03. The van der Waals surface area contributed by atoms with Crippen molar-refractivity contribution in [2.75, 3.05) is 13.1 Å². The minimum absolute atomic E-state index is 0.142. The summed E-state index contributed by atoms with van der Waals surface area (Å²) in [4.78, 5) is 6.96. The maximum atomic E-state index is 5.75. The number of rotatable bonds is 4. The molecule has 0 aromatic carbocycles. The van der Waals surface area contributed by atoms with Crippen molar-refractivity contribution in [1.82, 2.24) is 9.88 Å². The van der Waals surface area contributed by atoms with E-state index in [0.29, 0.717) is 6.04 Å². The molecule has 1 aromatic heterocycles. The molecular weight excluding hydrogens is 202 g/mol. The molecule has 1 saturated heterocycles. The Bertz CT molecular complexity index is 335. The molecule has 16 heavy (non-hydrogen) atoms. The standard InChI is InChI=1S/C12H21N3O/c1-3-15-6-4-5-11(15)12-14-10(8-16-12)7-9(2)13/h8-9,11H,3-7,13H2,1-2H3. The first-order chi connectivity index (χ1) is 7.70. The van der Waals surface area contributed by atoms with E-state index in [0.717, 1.165) is 37.5 Å². The van der Waals surface area contributed by atoms with Crippen molar-refractivity contribution in [2.24, 2.45) is 5.73 Å². The second-order valence-corrected chi connectivity index (χ2v) is 4.65. The number of hydrogen-bond donors (Lipinski definition) is 1. The van der Waals surface area contributed by atoms with Gasteiger partial charge < -0.3 is 10.2 Å². The summed E-state index contributed by atoms with van der Waals surface area (Å²) in [6.07, 6.45) is 4.95. The third-order valence-corrected chi connectivity index (χ3v) is 3.16. The molecule has 1 aliphatic heterocycles. The third-order valence-electron chi connectivity index (χ3n) is 3.16. The van der Waals surface area contributed by atoms with Gasteiger partial charge in [-0.25, -0.2) is 4.98 Å². The zero-order chi connectivity index (χ0) is 11.5. The second kappa shape index (κ2) is 4.97. The van der Waals surface area contributed by atoms with Gasteiger partial charge in [0.2, 0.25) is 5.89 Å². The number of oxazole rings is 1. The predicted octanol–water partition coefficient (Wildman–Crippen LogP) is 1.72. The normalized spacial score (nSPS) is 23.8. The van der Waals surface area contributed by atoms with E-state index in [1.54, 1.807) is 6.26 Å². The largest absolute Gasteiger partial charge is 0.447 e. The molecule has 1 aromatic rings. The number of nitrogens with zero attached hydrogens (tertiary/aromatic N) is 2. The van der Waals surface area contributed by atoms with Crippen molar-refractivity contribution in [3.05, 3.63) is 17.8 Å². The van der Waals surface area contributed by atoms with Crippen molar-refractivity contribution in [2.45, 2.75) is 45.2 Å². The molecule has 4 nitrogen and oxygen atoms in total. The van der Waals surface area contributed by atoms with Crippen LogP contribution in [-0.4, -0.2) is 29.0 Å². The Morgan fingerprint density at radius 3 is 3.19 bits per heavy atom. The lowest BCUT2D eigenvalue weighted by Gasteiger charge is -2.19. The maximum Gasteiger partial charge on any atom is 0.211 e. The van der Waals surface area contributed by atoms with Crippen molar-refractivity contribution < 1.29 is 4.42 Å². The van der Waals surface area contributed by atoms with Gasteiger partial charge in [-0.2, -0.15) is 0 Å². The van der Waals surface area contributed by atoms with E-state index in [9.17, 15) is 0 Å². The lowest BCUT2D eigenvalue weighted by atomic mass is 10.2. The zero-order valence-electron chi connectivity index (χ0n) is 10.1. The number of nitrogens with two attached hydrogens (primary N) is 1. The Balaban J connectivity index is 2.06. The summed E-state index contributed by atoms with van der Waals surface area (Å²) in [5, 5.41) is 0. The van der Waals surface area contributed by atoms with Gasteiger partial charge in [-0.05, 0) is 32.9 Å². The molecule has 2 rings (SSSR count). The maximum absolute atomic E-state index is 5.75. The van der Waals surface area contributed by atoms with Crippen LogP contribution in [0.2, 0.25) is 0 Å². The highest BCUT2D eigenvalue weighted by Crippen LogP contribution is 2.30. The van der Waals surface area contributed by atoms with E-state index in [1.165, 1.54) is 6.42 Å². The zero-order valence-corrected chi connectivity index (χ0v) is 10.1. The van der Waals surface area contributed by atoms with Gasteiger partial charge >= 0.3 is 0 Å². The third kappa shape index (κ3) is 2.44. The van der Waals surface area contributed by atoms with Gasteiger partial charge in [0.15, 0.2) is 0 Å². The molecule has 4 heteroatoms. The minimum Gasteiger partial charge on any atom is -0.447 e. The molecule has 0 spiro atoms. The highest BCUT2D eigenvalue weighted by atomic mass is 16.3. The summed E-state index contributed by atoms with van der Waals surface area (Å²) in [5.74, 6) is 0.870. The quantitative estimate of drug-likeness (QED) is 0.844. The summed E-state index contributed by atoms with van der Waals surface area (Å²) in [5.41, 5.74) is 6.73. The minimum atomic E-state index is 0.142. The summed E-state index contributed by atoms with van der Waals surface area (Å²) >= 11 is 0. The fraction of sp³-hybridized carbons (Fsp3) is 0.750. The molecule has 1 fully saturated rings. The molecule has 2 N–H and O–H groups in total. The number of likely N-dealkylation sites (tertiary alicyclic amines) is 1. The van der Waals surface area contributed by atoms with Crippen LogP contribution in [0.5, 0.6) is 0 Å². The smallest absolute Gasteiger partial charge is 0.211 e. The first kappa shape index (κ1) is 11.6. The molecule has 2 unspecified atom stereocenters. The van der Waals surface area contributed by atoms with Crippen LogP contribution in [0, 0.1) is 0 Å². The van der Waals surface area contributed by atoms with E-state index in [1.807, 2.05) is 6.92 Å². The van der Waals surface area contributed by atoms with Crippen LogP contribution >= 0.6 is 0 Å². The Kier molecular flexibility index (Phi) is 3.61. The number of hydrogen-bond acceptors (Lipinski definition) is 4. The van der Waals surface area contributed by atoms with Crippen LogP contribution < -0.4 is 5.73 Å². The summed E-state index contributed by atoms with van der Waals surface area (Å²) in [6.45, 7) is 6.40. The predicted molar refractivity (Wildman–Crippen MR) is 63.1 cm³/mol. The Hall–Kier alpha value is -0.870. The summed E-state index contributed by atoms with van der Waals surface area (Å²) in [6, 6.07) is 0.524. The Morgan fingerprint density at radius 1 is 1.69 bits per heavy atom. The lowest BCUT2D eigenvalue weighted by Crippen LogP contribution is -2.23. The van der Waals surface area contributed by atoms with Crippen LogP contribution in [0.4, 0.5) is 0 Å². The first-order valence-electron chi connectivity index (χ1n) is 6.14. The summed E-state index contributed by atoms with van der Waals surface area (Å²) < 4.78 is 5.57. The van der Waals surface area contributed by atoms with Crippen LogP contribution in [0.1, 0.15) is 44.3 Å². The van der Waals surface area contributed by atoms with Crippen LogP contribution in [0.25, 0.3) is 0 Å². The molecule has 0 saturated carbocycles. The Morgan fingerprint density at radius 2 is 2.50 bits per heavy atom. The van der Waals surface area contributed by atoms with Gasteiger partial charge in [0.05, 0.1) is 11.7 Å². The van der Waals surface area contributed by atoms with Crippen LogP contribution in [-0.2, 0) is 6.42 Å². The van der Waals surface area contributed by atoms with E-state index >= 15 is 0 Å². The van der Waals surface area contributed by atoms with Crippen molar-refractivity contribution in [3.8, 4) is 0 Å². The van der Waals surface area contributed by atoms with Gasteiger partial charge in [-0.15, -0.1) is 0 Å². The number of aromatic nitrogens is 1. The van der Waals surface area contributed by atoms with Crippen molar-refractivity contribution >= 4 is 0 Å². The second-order valence-electron chi connectivity index (χ2n) is 4.65. The van der Waals surface area contributed by atoms with Gasteiger partial charge in [0.1, 0.15) is 6.26 Å². The molecule has 2 atom stereocenters. The molecule has 0 radical (unpaired) electrons. The molecule has 0 amide bonds. The average molecular weight is 223 g/mol. The van der Waals surface area contributed by atoms with Crippen LogP contribution in [0.15, 0.2) is 10.7 Å². The average Bonchev–Trinajstić information content (AvgIpc) is 2.83. The monoisotopic (exact) mass is 223 g/mol. The van der Waals surface area contributed by atoms with Crippen LogP contribution in [0.3, 0.4) is 0 Å². The van der Waals surface area contributed by atoms with E-state index in [2.05, 4.69) is 16.8 Å². The topological polar surface area (TPSA) is 55.3 Å². The van der Waals surface area contributed by atoms with Gasteiger partial charge in [-0.1, -0.05) is 6.92 Å². The van der Waals surface area contributed by atoms with Gasteiger partial charge in [0, 0.05) is 12.5 Å². The van der Waals surface area contributed by atoms with E-state index in [4.69, 9.17) is 10.2 Å². The molecule has 1 aliphatic rings. The molecule has 0 aliphatic carbocycles. The highest BCUT2D eigenvalue weighted by Gasteiger charge is 2.28.